The molecule has 86 valence electrons. The molecule has 0 aliphatic carbocycles. The van der Waals surface area contributed by atoms with E-state index in [0.717, 1.165) is 11.3 Å². The van der Waals surface area contributed by atoms with Gasteiger partial charge in [-0.25, -0.2) is 4.98 Å². The summed E-state index contributed by atoms with van der Waals surface area (Å²) in [6.45, 7) is 4.06. The maximum Gasteiger partial charge on any atom is 0.156 e. The van der Waals surface area contributed by atoms with Crippen LogP contribution < -0.4 is 5.73 Å². The molecule has 3 heterocycles. The number of hydrogen-bond donors (Lipinski definition) is 1. The van der Waals surface area contributed by atoms with Gasteiger partial charge in [-0.1, -0.05) is 0 Å². The van der Waals surface area contributed by atoms with Crippen LogP contribution in [0.1, 0.15) is 11.3 Å². The first-order valence-corrected chi connectivity index (χ1v) is 5.46. The number of hydrogen-bond acceptors (Lipinski definition) is 3. The molecule has 3 aromatic heterocycles. The standard InChI is InChI=1S/C13H13N3O/c1-8-6-9(2)16-11(7-8)15-12(13(16)14)10-4-3-5-17-10/h3-7H,14H2,1-2H3. The average molecular weight is 227 g/mol. The van der Waals surface area contributed by atoms with E-state index in [0.29, 0.717) is 17.3 Å². The summed E-state index contributed by atoms with van der Waals surface area (Å²) in [4.78, 5) is 4.52. The highest BCUT2D eigenvalue weighted by molar-refractivity contribution is 5.72. The van der Waals surface area contributed by atoms with Crippen molar-refractivity contribution in [2.75, 3.05) is 5.73 Å². The molecule has 0 aromatic carbocycles. The first kappa shape index (κ1) is 9.96. The molecule has 0 fully saturated rings. The first-order valence-electron chi connectivity index (χ1n) is 5.46. The van der Waals surface area contributed by atoms with Crippen molar-refractivity contribution in [2.24, 2.45) is 0 Å². The Kier molecular flexibility index (Phi) is 1.98. The molecule has 4 heteroatoms. The van der Waals surface area contributed by atoms with Crippen LogP contribution >= 0.6 is 0 Å². The molecule has 0 atom stereocenters. The Morgan fingerprint density at radius 2 is 2.12 bits per heavy atom. The van der Waals surface area contributed by atoms with Crippen LogP contribution in [0.4, 0.5) is 5.82 Å². The number of nitrogens with zero attached hydrogens (tertiary/aromatic N) is 2. The highest BCUT2D eigenvalue weighted by atomic mass is 16.3. The normalized spacial score (nSPS) is 11.2. The molecule has 0 aliphatic heterocycles. The SMILES string of the molecule is Cc1cc(C)n2c(N)c(-c3ccco3)nc2c1. The van der Waals surface area contributed by atoms with Gasteiger partial charge in [-0.2, -0.15) is 0 Å². The molecule has 0 bridgehead atoms. The zero-order valence-corrected chi connectivity index (χ0v) is 9.77. The number of nitrogen functional groups attached to an aromatic ring is 1. The third-order valence-corrected chi connectivity index (χ3v) is 2.84. The summed E-state index contributed by atoms with van der Waals surface area (Å²) in [7, 11) is 0. The Hall–Kier alpha value is -2.23. The van der Waals surface area contributed by atoms with Gasteiger partial charge in [0.2, 0.25) is 0 Å². The largest absolute Gasteiger partial charge is 0.463 e. The fraction of sp³-hybridized carbons (Fsp3) is 0.154. The van der Waals surface area contributed by atoms with Crippen molar-refractivity contribution >= 4 is 11.5 Å². The van der Waals surface area contributed by atoms with Crippen molar-refractivity contribution in [3.05, 3.63) is 41.8 Å². The van der Waals surface area contributed by atoms with E-state index in [-0.39, 0.29) is 0 Å². The predicted molar refractivity (Wildman–Crippen MR) is 66.8 cm³/mol. The smallest absolute Gasteiger partial charge is 0.156 e. The van der Waals surface area contributed by atoms with E-state index in [9.17, 15) is 0 Å². The van der Waals surface area contributed by atoms with Crippen molar-refractivity contribution in [2.45, 2.75) is 13.8 Å². The topological polar surface area (TPSA) is 56.5 Å². The minimum absolute atomic E-state index is 0.618. The Morgan fingerprint density at radius 1 is 1.29 bits per heavy atom. The van der Waals surface area contributed by atoms with Gasteiger partial charge in [0.1, 0.15) is 17.2 Å². The summed E-state index contributed by atoms with van der Waals surface area (Å²) >= 11 is 0. The summed E-state index contributed by atoms with van der Waals surface area (Å²) in [5.74, 6) is 1.32. The molecule has 0 unspecified atom stereocenters. The molecule has 4 nitrogen and oxygen atoms in total. The number of rotatable bonds is 1. The van der Waals surface area contributed by atoms with E-state index < -0.39 is 0 Å². The minimum atomic E-state index is 0.618. The van der Waals surface area contributed by atoms with E-state index in [4.69, 9.17) is 10.2 Å². The van der Waals surface area contributed by atoms with Gasteiger partial charge < -0.3 is 10.2 Å². The number of imidazole rings is 1. The third kappa shape index (κ3) is 1.41. The molecule has 0 amide bonds. The van der Waals surface area contributed by atoms with E-state index in [1.54, 1.807) is 6.26 Å². The van der Waals surface area contributed by atoms with Crippen molar-refractivity contribution < 1.29 is 4.42 Å². The molecule has 0 spiro atoms. The van der Waals surface area contributed by atoms with E-state index >= 15 is 0 Å². The lowest BCUT2D eigenvalue weighted by Crippen LogP contribution is -1.98. The number of furan rings is 1. The Balaban J connectivity index is 2.36. The lowest BCUT2D eigenvalue weighted by molar-refractivity contribution is 0.581. The second-order valence-corrected chi connectivity index (χ2v) is 4.19. The van der Waals surface area contributed by atoms with Crippen molar-refractivity contribution in [3.63, 3.8) is 0 Å². The van der Waals surface area contributed by atoms with Gasteiger partial charge in [-0.05, 0) is 43.7 Å². The van der Waals surface area contributed by atoms with E-state index in [1.165, 1.54) is 5.56 Å². The molecule has 2 N–H and O–H groups in total. The maximum atomic E-state index is 6.12. The zero-order valence-electron chi connectivity index (χ0n) is 9.77. The summed E-state index contributed by atoms with van der Waals surface area (Å²) in [5.41, 5.74) is 9.92. The fourth-order valence-electron chi connectivity index (χ4n) is 2.15. The quantitative estimate of drug-likeness (QED) is 0.695. The number of nitrogens with two attached hydrogens (primary N) is 1. The summed E-state index contributed by atoms with van der Waals surface area (Å²) in [6, 6.07) is 7.78. The Morgan fingerprint density at radius 3 is 2.82 bits per heavy atom. The predicted octanol–water partition coefficient (Wildman–Crippen LogP) is 2.79. The highest BCUT2D eigenvalue weighted by Gasteiger charge is 2.14. The van der Waals surface area contributed by atoms with E-state index in [2.05, 4.69) is 11.1 Å². The molecule has 3 rings (SSSR count). The van der Waals surface area contributed by atoms with Crippen molar-refractivity contribution in [3.8, 4) is 11.5 Å². The molecule has 0 radical (unpaired) electrons. The van der Waals surface area contributed by atoms with Crippen LogP contribution in [0.2, 0.25) is 0 Å². The maximum absolute atomic E-state index is 6.12. The number of fused-ring (bicyclic) bond motifs is 1. The summed E-state index contributed by atoms with van der Waals surface area (Å²) in [5, 5.41) is 0. The second-order valence-electron chi connectivity index (χ2n) is 4.19. The molecule has 0 saturated heterocycles. The van der Waals surface area contributed by atoms with Gasteiger partial charge in [0, 0.05) is 5.69 Å². The molecule has 0 saturated carbocycles. The second kappa shape index (κ2) is 3.38. The Labute approximate surface area is 98.7 Å². The molecule has 0 aliphatic rings. The number of aromatic nitrogens is 2. The number of anilines is 1. The van der Waals surface area contributed by atoms with Gasteiger partial charge >= 0.3 is 0 Å². The number of pyridine rings is 1. The lowest BCUT2D eigenvalue weighted by Gasteiger charge is -2.03. The van der Waals surface area contributed by atoms with Crippen molar-refractivity contribution in [1.29, 1.82) is 0 Å². The molecular weight excluding hydrogens is 214 g/mol. The van der Waals surface area contributed by atoms with Gasteiger partial charge in [-0.3, -0.25) is 4.40 Å². The average Bonchev–Trinajstić information content (AvgIpc) is 2.85. The van der Waals surface area contributed by atoms with Crippen LogP contribution in [0.3, 0.4) is 0 Å². The van der Waals surface area contributed by atoms with E-state index in [1.807, 2.05) is 36.4 Å². The van der Waals surface area contributed by atoms with Crippen LogP contribution in [0.15, 0.2) is 34.9 Å². The minimum Gasteiger partial charge on any atom is -0.463 e. The fourth-order valence-corrected chi connectivity index (χ4v) is 2.15. The first-order chi connectivity index (χ1) is 8.16. The van der Waals surface area contributed by atoms with Crippen LogP contribution in [0.5, 0.6) is 0 Å². The molecule has 17 heavy (non-hydrogen) atoms. The molecular formula is C13H13N3O. The highest BCUT2D eigenvalue weighted by Crippen LogP contribution is 2.28. The summed E-state index contributed by atoms with van der Waals surface area (Å²) < 4.78 is 7.28. The Bertz CT molecular complexity index is 680. The van der Waals surface area contributed by atoms with Crippen LogP contribution in [-0.2, 0) is 0 Å². The third-order valence-electron chi connectivity index (χ3n) is 2.84. The van der Waals surface area contributed by atoms with Crippen LogP contribution in [0.25, 0.3) is 17.1 Å². The monoisotopic (exact) mass is 227 g/mol. The summed E-state index contributed by atoms with van der Waals surface area (Å²) in [6.07, 6.45) is 1.62. The zero-order chi connectivity index (χ0) is 12.0. The van der Waals surface area contributed by atoms with Gasteiger partial charge in [0.15, 0.2) is 5.76 Å². The van der Waals surface area contributed by atoms with Crippen LogP contribution in [-0.4, -0.2) is 9.38 Å². The molecule has 3 aromatic rings. The van der Waals surface area contributed by atoms with Gasteiger partial charge in [-0.15, -0.1) is 0 Å². The van der Waals surface area contributed by atoms with Crippen molar-refractivity contribution in [1.82, 2.24) is 9.38 Å². The van der Waals surface area contributed by atoms with Gasteiger partial charge in [0.05, 0.1) is 6.26 Å². The lowest BCUT2D eigenvalue weighted by atomic mass is 10.2. The number of aryl methyl sites for hydroxylation is 2. The van der Waals surface area contributed by atoms with Crippen LogP contribution in [0, 0.1) is 13.8 Å². The van der Waals surface area contributed by atoms with Gasteiger partial charge in [0.25, 0.3) is 0 Å².